The normalized spacial score (nSPS) is 21.8. The molecule has 13 heavy (non-hydrogen) atoms. The first-order valence-electron chi connectivity index (χ1n) is 4.64. The van der Waals surface area contributed by atoms with Crippen LogP contribution in [-0.4, -0.2) is 39.0 Å². The van der Waals surface area contributed by atoms with E-state index < -0.39 is 0 Å². The summed E-state index contributed by atoms with van der Waals surface area (Å²) < 4.78 is 15.1. The third kappa shape index (κ3) is 4.24. The van der Waals surface area contributed by atoms with E-state index in [9.17, 15) is 4.79 Å². The molecule has 0 aromatic heterocycles. The first-order valence-corrected chi connectivity index (χ1v) is 4.64. The molecule has 0 aromatic rings. The highest BCUT2D eigenvalue weighted by atomic mass is 16.6. The summed E-state index contributed by atoms with van der Waals surface area (Å²) in [6.45, 7) is 4.41. The third-order valence-electron chi connectivity index (χ3n) is 1.90. The Morgan fingerprint density at radius 1 is 1.62 bits per heavy atom. The van der Waals surface area contributed by atoms with E-state index in [0.717, 1.165) is 19.6 Å². The lowest BCUT2D eigenvalue weighted by atomic mass is 10.1. The van der Waals surface area contributed by atoms with Gasteiger partial charge in [-0.3, -0.25) is 0 Å². The molecule has 0 spiro atoms. The molecule has 76 valence electrons. The summed E-state index contributed by atoms with van der Waals surface area (Å²) in [5.41, 5.74) is 0. The second-order valence-electron chi connectivity index (χ2n) is 3.05. The molecule has 1 atom stereocenters. The summed E-state index contributed by atoms with van der Waals surface area (Å²) in [6.07, 6.45) is 1.03. The van der Waals surface area contributed by atoms with Crippen molar-refractivity contribution in [2.75, 3.05) is 33.0 Å². The zero-order chi connectivity index (χ0) is 9.52. The molecule has 1 heterocycles. The summed E-state index contributed by atoms with van der Waals surface area (Å²) in [6, 6.07) is 0. The van der Waals surface area contributed by atoms with Crippen LogP contribution in [-0.2, 0) is 19.0 Å². The van der Waals surface area contributed by atoms with Crippen molar-refractivity contribution in [2.24, 2.45) is 5.92 Å². The van der Waals surface area contributed by atoms with Gasteiger partial charge in [-0.15, -0.1) is 0 Å². The molecule has 1 unspecified atom stereocenters. The number of ether oxygens (including phenoxy) is 3. The van der Waals surface area contributed by atoms with Crippen molar-refractivity contribution in [1.82, 2.24) is 0 Å². The summed E-state index contributed by atoms with van der Waals surface area (Å²) in [7, 11) is 0. The Labute approximate surface area is 78.2 Å². The number of carbonyl (C=O) groups is 1. The Morgan fingerprint density at radius 3 is 3.08 bits per heavy atom. The van der Waals surface area contributed by atoms with Crippen molar-refractivity contribution in [3.63, 3.8) is 0 Å². The van der Waals surface area contributed by atoms with Gasteiger partial charge in [-0.05, 0) is 13.3 Å². The quantitative estimate of drug-likeness (QED) is 0.593. The lowest BCUT2D eigenvalue weighted by Gasteiger charge is -2.07. The molecule has 0 radical (unpaired) electrons. The molecule has 1 aliphatic rings. The topological polar surface area (TPSA) is 44.8 Å². The molecule has 0 aliphatic carbocycles. The van der Waals surface area contributed by atoms with Gasteiger partial charge in [0.2, 0.25) is 0 Å². The Bertz CT molecular complexity index is 152. The van der Waals surface area contributed by atoms with Gasteiger partial charge in [0.25, 0.3) is 0 Å². The maximum Gasteiger partial charge on any atom is 0.332 e. The van der Waals surface area contributed by atoms with Crippen LogP contribution in [0.4, 0.5) is 0 Å². The largest absolute Gasteiger partial charge is 0.464 e. The lowest BCUT2D eigenvalue weighted by molar-refractivity contribution is -0.148. The van der Waals surface area contributed by atoms with E-state index in [0.29, 0.717) is 19.1 Å². The number of hydrogen-bond acceptors (Lipinski definition) is 4. The second kappa shape index (κ2) is 5.94. The molecule has 1 aliphatic heterocycles. The monoisotopic (exact) mass is 188 g/mol. The zero-order valence-corrected chi connectivity index (χ0v) is 7.95. The summed E-state index contributed by atoms with van der Waals surface area (Å²) >= 11 is 0. The number of carbonyl (C=O) groups excluding carboxylic acids is 1. The Kier molecular flexibility index (Phi) is 4.78. The maximum atomic E-state index is 10.8. The Balaban J connectivity index is 1.96. The highest BCUT2D eigenvalue weighted by Gasteiger charge is 2.16. The van der Waals surface area contributed by atoms with E-state index in [4.69, 9.17) is 14.2 Å². The predicted molar refractivity (Wildman–Crippen MR) is 46.4 cm³/mol. The van der Waals surface area contributed by atoms with Gasteiger partial charge in [0.1, 0.15) is 6.61 Å². The molecular formula is C9H16O4. The highest BCUT2D eigenvalue weighted by Crippen LogP contribution is 2.11. The predicted octanol–water partition coefficient (Wildman–Crippen LogP) is 0.603. The smallest absolute Gasteiger partial charge is 0.332 e. The Morgan fingerprint density at radius 2 is 2.46 bits per heavy atom. The van der Waals surface area contributed by atoms with E-state index in [1.54, 1.807) is 6.92 Å². The van der Waals surface area contributed by atoms with Crippen LogP contribution in [0.15, 0.2) is 0 Å². The van der Waals surface area contributed by atoms with Crippen LogP contribution < -0.4 is 0 Å². The molecule has 4 nitrogen and oxygen atoms in total. The first kappa shape index (κ1) is 10.5. The molecule has 1 fully saturated rings. The maximum absolute atomic E-state index is 10.8. The number of hydrogen-bond donors (Lipinski definition) is 0. The highest BCUT2D eigenvalue weighted by molar-refractivity contribution is 5.70. The van der Waals surface area contributed by atoms with Crippen molar-refractivity contribution in [3.8, 4) is 0 Å². The van der Waals surface area contributed by atoms with E-state index in [-0.39, 0.29) is 12.6 Å². The number of esters is 1. The Hall–Kier alpha value is -0.610. The minimum Gasteiger partial charge on any atom is -0.464 e. The van der Waals surface area contributed by atoms with Gasteiger partial charge in [0.15, 0.2) is 0 Å². The van der Waals surface area contributed by atoms with Crippen molar-refractivity contribution >= 4 is 5.97 Å². The molecule has 0 saturated carbocycles. The average molecular weight is 188 g/mol. The first-order chi connectivity index (χ1) is 6.33. The minimum atomic E-state index is -0.290. The minimum absolute atomic E-state index is 0.0599. The standard InChI is InChI=1S/C9H16O4/c1-2-13-9(10)7-12-6-8-3-4-11-5-8/h8H,2-7H2,1H3. The van der Waals surface area contributed by atoms with Crippen LogP contribution in [0.25, 0.3) is 0 Å². The van der Waals surface area contributed by atoms with Crippen molar-refractivity contribution in [3.05, 3.63) is 0 Å². The molecular weight excluding hydrogens is 172 g/mol. The second-order valence-corrected chi connectivity index (χ2v) is 3.05. The fourth-order valence-electron chi connectivity index (χ4n) is 1.23. The summed E-state index contributed by atoms with van der Waals surface area (Å²) in [4.78, 5) is 10.8. The van der Waals surface area contributed by atoms with Gasteiger partial charge in [-0.25, -0.2) is 4.79 Å². The molecule has 1 rings (SSSR count). The molecule has 0 bridgehead atoms. The van der Waals surface area contributed by atoms with E-state index in [1.807, 2.05) is 0 Å². The van der Waals surface area contributed by atoms with Crippen LogP contribution in [0.3, 0.4) is 0 Å². The molecule has 0 N–H and O–H groups in total. The lowest BCUT2D eigenvalue weighted by Crippen LogP contribution is -2.16. The molecule has 4 heteroatoms. The SMILES string of the molecule is CCOC(=O)COCC1CCOC1. The van der Waals surface area contributed by atoms with Gasteiger partial charge in [-0.2, -0.15) is 0 Å². The van der Waals surface area contributed by atoms with Crippen LogP contribution >= 0.6 is 0 Å². The van der Waals surface area contributed by atoms with Gasteiger partial charge in [0, 0.05) is 12.5 Å². The molecule has 0 aromatic carbocycles. The van der Waals surface area contributed by atoms with E-state index in [1.165, 1.54) is 0 Å². The summed E-state index contributed by atoms with van der Waals surface area (Å²) in [5.74, 6) is 0.163. The van der Waals surface area contributed by atoms with Crippen molar-refractivity contribution in [1.29, 1.82) is 0 Å². The fraction of sp³-hybridized carbons (Fsp3) is 0.889. The van der Waals surface area contributed by atoms with Gasteiger partial charge < -0.3 is 14.2 Å². The molecule has 1 saturated heterocycles. The van der Waals surface area contributed by atoms with Gasteiger partial charge in [0.05, 0.1) is 19.8 Å². The van der Waals surface area contributed by atoms with Crippen LogP contribution in [0.2, 0.25) is 0 Å². The van der Waals surface area contributed by atoms with E-state index >= 15 is 0 Å². The van der Waals surface area contributed by atoms with Gasteiger partial charge in [-0.1, -0.05) is 0 Å². The third-order valence-corrected chi connectivity index (χ3v) is 1.90. The van der Waals surface area contributed by atoms with Crippen LogP contribution in [0, 0.1) is 5.92 Å². The average Bonchev–Trinajstić information content (AvgIpc) is 2.57. The molecule has 0 amide bonds. The summed E-state index contributed by atoms with van der Waals surface area (Å²) in [5, 5.41) is 0. The van der Waals surface area contributed by atoms with Crippen molar-refractivity contribution < 1.29 is 19.0 Å². The van der Waals surface area contributed by atoms with Crippen molar-refractivity contribution in [2.45, 2.75) is 13.3 Å². The number of rotatable bonds is 5. The zero-order valence-electron chi connectivity index (χ0n) is 7.95. The van der Waals surface area contributed by atoms with Crippen LogP contribution in [0.5, 0.6) is 0 Å². The fourth-order valence-corrected chi connectivity index (χ4v) is 1.23. The van der Waals surface area contributed by atoms with Gasteiger partial charge >= 0.3 is 5.97 Å². The van der Waals surface area contributed by atoms with E-state index in [2.05, 4.69) is 0 Å². The van der Waals surface area contributed by atoms with Crippen LogP contribution in [0.1, 0.15) is 13.3 Å².